The number of aliphatic hydroxyl groups is 1. The zero-order valence-corrected chi connectivity index (χ0v) is 9.49. The Kier molecular flexibility index (Phi) is 3.79. The van der Waals surface area contributed by atoms with Gasteiger partial charge in [-0.2, -0.15) is 0 Å². The first-order valence-corrected chi connectivity index (χ1v) is 4.94. The Bertz CT molecular complexity index is 545. The number of aliphatic hydroxyl groups excluding tert-OH is 1. The van der Waals surface area contributed by atoms with Gasteiger partial charge in [0, 0.05) is 20.2 Å². The Morgan fingerprint density at radius 1 is 1.53 bits per heavy atom. The van der Waals surface area contributed by atoms with Crippen LogP contribution in [0.2, 0.25) is 0 Å². The second kappa shape index (κ2) is 4.91. The number of aromatic nitrogens is 2. The summed E-state index contributed by atoms with van der Waals surface area (Å²) in [6.07, 6.45) is 0.894. The average Bonchev–Trinajstić information content (AvgIpc) is 2.28. The minimum atomic E-state index is -0.946. The van der Waals surface area contributed by atoms with E-state index >= 15 is 0 Å². The molecule has 0 aliphatic carbocycles. The molecule has 0 radical (unpaired) electrons. The summed E-state index contributed by atoms with van der Waals surface area (Å²) in [7, 11) is 1.33. The zero-order chi connectivity index (χ0) is 13.2. The lowest BCUT2D eigenvalue weighted by molar-refractivity contribution is -0.387. The molecule has 1 unspecified atom stereocenters. The maximum Gasteiger partial charge on any atom is 0.350 e. The Hall–Kier alpha value is -1.96. The van der Waals surface area contributed by atoms with Crippen molar-refractivity contribution in [2.24, 2.45) is 13.0 Å². The van der Waals surface area contributed by atoms with E-state index in [4.69, 9.17) is 5.11 Å². The van der Waals surface area contributed by atoms with E-state index in [0.29, 0.717) is 0 Å². The molecule has 0 bridgehead atoms. The number of nitro groups is 1. The minimum Gasteiger partial charge on any atom is -0.396 e. The summed E-state index contributed by atoms with van der Waals surface area (Å²) in [6.45, 7) is 1.37. The highest BCUT2D eigenvalue weighted by molar-refractivity contribution is 5.21. The Balaban J connectivity index is 3.43. The molecule has 0 aromatic carbocycles. The van der Waals surface area contributed by atoms with Gasteiger partial charge in [0.05, 0.1) is 11.1 Å². The number of hydrogen-bond donors (Lipinski definition) is 1. The van der Waals surface area contributed by atoms with Crippen LogP contribution in [0, 0.1) is 16.0 Å². The Labute approximate surface area is 95.9 Å². The molecule has 1 aromatic rings. The minimum absolute atomic E-state index is 0.0519. The number of aryl methyl sites for hydroxylation is 1. The van der Waals surface area contributed by atoms with E-state index in [1.54, 1.807) is 6.92 Å². The molecule has 1 rings (SSSR count). The molecule has 17 heavy (non-hydrogen) atoms. The van der Waals surface area contributed by atoms with E-state index in [-0.39, 0.29) is 19.1 Å². The SMILES string of the molecule is CC(CO)Cn1c(=O)c([N+](=O)[O-])cn(C)c1=O. The molecule has 8 nitrogen and oxygen atoms in total. The largest absolute Gasteiger partial charge is 0.396 e. The van der Waals surface area contributed by atoms with Crippen LogP contribution in [0.1, 0.15) is 6.92 Å². The van der Waals surface area contributed by atoms with E-state index in [0.717, 1.165) is 15.3 Å². The first kappa shape index (κ1) is 13.1. The van der Waals surface area contributed by atoms with Crippen molar-refractivity contribution in [2.75, 3.05) is 6.61 Å². The van der Waals surface area contributed by atoms with Gasteiger partial charge in [-0.15, -0.1) is 0 Å². The molecule has 0 aliphatic heterocycles. The predicted octanol–water partition coefficient (Wildman–Crippen LogP) is -0.916. The van der Waals surface area contributed by atoms with Crippen molar-refractivity contribution < 1.29 is 10.0 Å². The molecule has 0 fully saturated rings. The highest BCUT2D eigenvalue weighted by Gasteiger charge is 2.19. The van der Waals surface area contributed by atoms with Crippen molar-refractivity contribution in [3.8, 4) is 0 Å². The summed E-state index contributed by atoms with van der Waals surface area (Å²) in [4.78, 5) is 33.1. The van der Waals surface area contributed by atoms with Crippen molar-refractivity contribution in [2.45, 2.75) is 13.5 Å². The van der Waals surface area contributed by atoms with E-state index in [2.05, 4.69) is 0 Å². The van der Waals surface area contributed by atoms with Gasteiger partial charge in [-0.05, 0) is 5.92 Å². The smallest absolute Gasteiger partial charge is 0.350 e. The molecule has 0 saturated heterocycles. The molecule has 0 saturated carbocycles. The van der Waals surface area contributed by atoms with Crippen LogP contribution in [-0.4, -0.2) is 25.8 Å². The quantitative estimate of drug-likeness (QED) is 0.543. The molecule has 1 atom stereocenters. The van der Waals surface area contributed by atoms with Gasteiger partial charge in [0.25, 0.3) is 0 Å². The molecule has 0 aliphatic rings. The van der Waals surface area contributed by atoms with Crippen LogP contribution in [0.4, 0.5) is 5.69 Å². The standard InChI is InChI=1S/C9H13N3O5/c1-6(5-13)3-11-8(14)7(12(16)17)4-10(2)9(11)15/h4,6,13H,3,5H2,1-2H3. The lowest BCUT2D eigenvalue weighted by atomic mass is 10.2. The second-order valence-corrected chi connectivity index (χ2v) is 3.87. The van der Waals surface area contributed by atoms with Crippen LogP contribution < -0.4 is 11.2 Å². The Morgan fingerprint density at radius 3 is 2.59 bits per heavy atom. The van der Waals surface area contributed by atoms with Gasteiger partial charge < -0.3 is 5.11 Å². The third kappa shape index (κ3) is 2.59. The van der Waals surface area contributed by atoms with E-state index in [1.807, 2.05) is 0 Å². The van der Waals surface area contributed by atoms with Crippen LogP contribution in [0.15, 0.2) is 15.8 Å². The van der Waals surface area contributed by atoms with Crippen LogP contribution in [0.3, 0.4) is 0 Å². The van der Waals surface area contributed by atoms with Crippen molar-refractivity contribution in [1.82, 2.24) is 9.13 Å². The van der Waals surface area contributed by atoms with Crippen molar-refractivity contribution >= 4 is 5.69 Å². The fraction of sp³-hybridized carbons (Fsp3) is 0.556. The molecule has 94 valence electrons. The van der Waals surface area contributed by atoms with Gasteiger partial charge in [0.1, 0.15) is 0 Å². The lowest BCUT2D eigenvalue weighted by Crippen LogP contribution is -2.41. The van der Waals surface area contributed by atoms with Gasteiger partial charge in [-0.3, -0.25) is 24.0 Å². The normalized spacial score (nSPS) is 12.4. The lowest BCUT2D eigenvalue weighted by Gasteiger charge is -2.10. The fourth-order valence-corrected chi connectivity index (χ4v) is 1.37. The molecule has 1 N–H and O–H groups in total. The fourth-order valence-electron chi connectivity index (χ4n) is 1.37. The topological polar surface area (TPSA) is 107 Å². The van der Waals surface area contributed by atoms with E-state index < -0.39 is 21.9 Å². The van der Waals surface area contributed by atoms with Crippen LogP contribution in [-0.2, 0) is 13.6 Å². The molecule has 0 amide bonds. The summed E-state index contributed by atoms with van der Waals surface area (Å²) in [6, 6.07) is 0. The van der Waals surface area contributed by atoms with E-state index in [1.165, 1.54) is 7.05 Å². The van der Waals surface area contributed by atoms with Gasteiger partial charge in [0.15, 0.2) is 0 Å². The zero-order valence-electron chi connectivity index (χ0n) is 9.49. The highest BCUT2D eigenvalue weighted by atomic mass is 16.6. The maximum atomic E-state index is 11.7. The molecule has 0 spiro atoms. The molecule has 8 heteroatoms. The first-order chi connectivity index (χ1) is 7.88. The predicted molar refractivity (Wildman–Crippen MR) is 58.8 cm³/mol. The van der Waals surface area contributed by atoms with Crippen LogP contribution in [0.25, 0.3) is 0 Å². The van der Waals surface area contributed by atoms with Crippen molar-refractivity contribution in [3.05, 3.63) is 37.1 Å². The van der Waals surface area contributed by atoms with Crippen LogP contribution in [0.5, 0.6) is 0 Å². The third-order valence-corrected chi connectivity index (χ3v) is 2.32. The molecule has 1 heterocycles. The molecule has 1 aromatic heterocycles. The van der Waals surface area contributed by atoms with Gasteiger partial charge in [-0.25, -0.2) is 4.79 Å². The summed E-state index contributed by atoms with van der Waals surface area (Å²) in [5.41, 5.74) is -2.24. The number of rotatable bonds is 4. The second-order valence-electron chi connectivity index (χ2n) is 3.87. The van der Waals surface area contributed by atoms with Gasteiger partial charge in [-0.1, -0.05) is 6.92 Å². The van der Waals surface area contributed by atoms with Crippen LogP contribution >= 0.6 is 0 Å². The third-order valence-electron chi connectivity index (χ3n) is 2.32. The average molecular weight is 243 g/mol. The summed E-state index contributed by atoms with van der Waals surface area (Å²) in [5.74, 6) is -0.331. The monoisotopic (exact) mass is 243 g/mol. The van der Waals surface area contributed by atoms with Gasteiger partial charge in [0.2, 0.25) is 0 Å². The first-order valence-electron chi connectivity index (χ1n) is 4.94. The highest BCUT2D eigenvalue weighted by Crippen LogP contribution is 2.01. The van der Waals surface area contributed by atoms with E-state index in [9.17, 15) is 19.7 Å². The van der Waals surface area contributed by atoms with Crippen molar-refractivity contribution in [3.63, 3.8) is 0 Å². The Morgan fingerprint density at radius 2 is 2.12 bits per heavy atom. The number of hydrogen-bond acceptors (Lipinski definition) is 5. The van der Waals surface area contributed by atoms with Gasteiger partial charge >= 0.3 is 16.9 Å². The van der Waals surface area contributed by atoms with Crippen molar-refractivity contribution in [1.29, 1.82) is 0 Å². The summed E-state index contributed by atoms with van der Waals surface area (Å²) < 4.78 is 1.74. The summed E-state index contributed by atoms with van der Waals surface area (Å²) in [5, 5.41) is 19.5. The number of nitrogens with zero attached hydrogens (tertiary/aromatic N) is 3. The molecular weight excluding hydrogens is 230 g/mol. The maximum absolute atomic E-state index is 11.7. The molecular formula is C9H13N3O5. The summed E-state index contributed by atoms with van der Waals surface area (Å²) >= 11 is 0.